The van der Waals surface area contributed by atoms with E-state index in [4.69, 9.17) is 15.7 Å². The molecule has 0 spiro atoms. The van der Waals surface area contributed by atoms with Crippen molar-refractivity contribution in [2.24, 2.45) is 5.73 Å². The number of benzene rings is 1. The van der Waals surface area contributed by atoms with Gasteiger partial charge in [-0.15, -0.1) is 0 Å². The topological polar surface area (TPSA) is 76.1 Å². The summed E-state index contributed by atoms with van der Waals surface area (Å²) in [5, 5.41) is 8.68. The second kappa shape index (κ2) is 6.33. The van der Waals surface area contributed by atoms with Crippen LogP contribution in [0.25, 0.3) is 6.08 Å². The van der Waals surface area contributed by atoms with Gasteiger partial charge in [0.25, 0.3) is 5.91 Å². The number of primary amides is 1. The molecule has 88 valence electrons. The number of nitriles is 1. The number of ether oxygens (including phenoxy) is 1. The monoisotopic (exact) mass is 230 g/mol. The van der Waals surface area contributed by atoms with Gasteiger partial charge in [0.2, 0.25) is 0 Å². The maximum absolute atomic E-state index is 10.8. The molecule has 2 N–H and O–H groups in total. The third-order valence-corrected chi connectivity index (χ3v) is 2.05. The molecule has 17 heavy (non-hydrogen) atoms. The maximum Gasteiger partial charge on any atom is 0.259 e. The summed E-state index contributed by atoms with van der Waals surface area (Å²) in [5.41, 5.74) is 5.71. The summed E-state index contributed by atoms with van der Waals surface area (Å²) in [4.78, 5) is 10.8. The van der Waals surface area contributed by atoms with Crippen molar-refractivity contribution in [2.45, 2.75) is 13.3 Å². The van der Waals surface area contributed by atoms with Crippen LogP contribution in [-0.2, 0) is 4.79 Å². The van der Waals surface area contributed by atoms with Crippen molar-refractivity contribution < 1.29 is 9.53 Å². The highest BCUT2D eigenvalue weighted by Crippen LogP contribution is 2.14. The molecule has 0 saturated carbocycles. The molecule has 1 amide bonds. The number of carbonyl (C=O) groups is 1. The van der Waals surface area contributed by atoms with Crippen LogP contribution in [0.15, 0.2) is 29.8 Å². The molecule has 1 rings (SSSR count). The number of carbonyl (C=O) groups excluding carboxylic acids is 1. The summed E-state index contributed by atoms with van der Waals surface area (Å²) in [6, 6.07) is 8.87. The molecular weight excluding hydrogens is 216 g/mol. The molecular formula is C13H14N2O2. The average Bonchev–Trinajstić information content (AvgIpc) is 2.34. The molecule has 4 heteroatoms. The number of hydrogen-bond acceptors (Lipinski definition) is 3. The molecule has 0 aliphatic rings. The van der Waals surface area contributed by atoms with Crippen molar-refractivity contribution in [2.75, 3.05) is 6.61 Å². The summed E-state index contributed by atoms with van der Waals surface area (Å²) in [7, 11) is 0. The quantitative estimate of drug-likeness (QED) is 0.619. The molecule has 1 aromatic carbocycles. The van der Waals surface area contributed by atoms with E-state index in [2.05, 4.69) is 0 Å². The van der Waals surface area contributed by atoms with Crippen LogP contribution in [0.4, 0.5) is 0 Å². The minimum absolute atomic E-state index is 0.0628. The van der Waals surface area contributed by atoms with E-state index in [9.17, 15) is 4.79 Å². The number of nitrogens with two attached hydrogens (primary N) is 1. The normalized spacial score (nSPS) is 10.7. The van der Waals surface area contributed by atoms with E-state index >= 15 is 0 Å². The lowest BCUT2D eigenvalue weighted by atomic mass is 10.1. The molecule has 0 aliphatic carbocycles. The third-order valence-electron chi connectivity index (χ3n) is 2.05. The Morgan fingerprint density at radius 2 is 2.12 bits per heavy atom. The first kappa shape index (κ1) is 12.8. The first-order valence-electron chi connectivity index (χ1n) is 5.32. The first-order valence-corrected chi connectivity index (χ1v) is 5.32. The zero-order valence-electron chi connectivity index (χ0n) is 9.64. The Labute approximate surface area is 100 Å². The molecule has 4 nitrogen and oxygen atoms in total. The van der Waals surface area contributed by atoms with Gasteiger partial charge in [0.15, 0.2) is 0 Å². The number of amides is 1. The smallest absolute Gasteiger partial charge is 0.259 e. The van der Waals surface area contributed by atoms with Crippen LogP contribution >= 0.6 is 0 Å². The first-order chi connectivity index (χ1) is 8.17. The molecule has 0 heterocycles. The number of nitrogens with zero attached hydrogens (tertiary/aromatic N) is 1. The molecule has 1 aromatic rings. The minimum Gasteiger partial charge on any atom is -0.494 e. The molecule has 0 aliphatic heterocycles. The fourth-order valence-electron chi connectivity index (χ4n) is 1.21. The van der Waals surface area contributed by atoms with Crippen molar-refractivity contribution in [3.05, 3.63) is 35.4 Å². The van der Waals surface area contributed by atoms with Gasteiger partial charge in [-0.2, -0.15) is 5.26 Å². The van der Waals surface area contributed by atoms with Gasteiger partial charge in [-0.05, 0) is 30.2 Å². The molecule has 0 saturated heterocycles. The zero-order chi connectivity index (χ0) is 12.7. The van der Waals surface area contributed by atoms with Gasteiger partial charge in [0, 0.05) is 0 Å². The van der Waals surface area contributed by atoms with E-state index in [1.54, 1.807) is 30.3 Å². The van der Waals surface area contributed by atoms with Crippen molar-refractivity contribution in [1.82, 2.24) is 0 Å². The summed E-state index contributed by atoms with van der Waals surface area (Å²) < 4.78 is 5.41. The molecule has 0 unspecified atom stereocenters. The molecule has 0 bridgehead atoms. The molecule has 0 radical (unpaired) electrons. The Kier molecular flexibility index (Phi) is 4.77. The lowest BCUT2D eigenvalue weighted by Gasteiger charge is -2.04. The largest absolute Gasteiger partial charge is 0.494 e. The Balaban J connectivity index is 2.81. The third kappa shape index (κ3) is 3.99. The van der Waals surface area contributed by atoms with Crippen LogP contribution in [0.2, 0.25) is 0 Å². The zero-order valence-corrected chi connectivity index (χ0v) is 9.64. The highest BCUT2D eigenvalue weighted by atomic mass is 16.5. The summed E-state index contributed by atoms with van der Waals surface area (Å²) in [6.45, 7) is 2.70. The van der Waals surface area contributed by atoms with Crippen LogP contribution < -0.4 is 10.5 Å². The molecule has 0 atom stereocenters. The van der Waals surface area contributed by atoms with Crippen molar-refractivity contribution in [3.63, 3.8) is 0 Å². The summed E-state index contributed by atoms with van der Waals surface area (Å²) >= 11 is 0. The second-order valence-corrected chi connectivity index (χ2v) is 3.45. The fraction of sp³-hybridized carbons (Fsp3) is 0.231. The van der Waals surface area contributed by atoms with Gasteiger partial charge in [-0.3, -0.25) is 4.79 Å². The van der Waals surface area contributed by atoms with Crippen molar-refractivity contribution in [1.29, 1.82) is 5.26 Å². The van der Waals surface area contributed by atoms with Gasteiger partial charge in [-0.1, -0.05) is 19.1 Å². The minimum atomic E-state index is -0.723. The van der Waals surface area contributed by atoms with Crippen LogP contribution in [0.3, 0.4) is 0 Å². The van der Waals surface area contributed by atoms with Crippen LogP contribution in [0, 0.1) is 11.3 Å². The Hall–Kier alpha value is -2.28. The van der Waals surface area contributed by atoms with Gasteiger partial charge < -0.3 is 10.5 Å². The van der Waals surface area contributed by atoms with Crippen LogP contribution in [0.5, 0.6) is 5.75 Å². The number of hydrogen-bond donors (Lipinski definition) is 1. The van der Waals surface area contributed by atoms with Crippen molar-refractivity contribution >= 4 is 12.0 Å². The Morgan fingerprint density at radius 1 is 1.47 bits per heavy atom. The predicted octanol–water partition coefficient (Wildman–Crippen LogP) is 1.87. The standard InChI is InChI=1S/C13H14N2O2/c1-2-7-17-12-5-3-10(4-6-12)8-11(9-14)13(15)16/h3-6,8H,2,7H2,1H3,(H2,15,16)/b11-8+. The average molecular weight is 230 g/mol. The van der Waals surface area contributed by atoms with E-state index in [1.165, 1.54) is 6.08 Å². The fourth-order valence-corrected chi connectivity index (χ4v) is 1.21. The SMILES string of the molecule is CCCOc1ccc(/C=C(\C#N)C(N)=O)cc1. The van der Waals surface area contributed by atoms with Gasteiger partial charge in [0.1, 0.15) is 17.4 Å². The molecule has 0 fully saturated rings. The number of rotatable bonds is 5. The Bertz CT molecular complexity index is 455. The summed E-state index contributed by atoms with van der Waals surface area (Å²) in [6.07, 6.45) is 2.40. The van der Waals surface area contributed by atoms with Gasteiger partial charge >= 0.3 is 0 Å². The van der Waals surface area contributed by atoms with E-state index in [-0.39, 0.29) is 5.57 Å². The Morgan fingerprint density at radius 3 is 2.59 bits per heavy atom. The van der Waals surface area contributed by atoms with E-state index in [1.807, 2.05) is 6.92 Å². The molecule has 0 aromatic heterocycles. The van der Waals surface area contributed by atoms with E-state index in [0.29, 0.717) is 6.61 Å². The lowest BCUT2D eigenvalue weighted by Crippen LogP contribution is -2.12. The van der Waals surface area contributed by atoms with Gasteiger partial charge in [-0.25, -0.2) is 0 Å². The van der Waals surface area contributed by atoms with E-state index in [0.717, 1.165) is 17.7 Å². The van der Waals surface area contributed by atoms with Crippen LogP contribution in [0.1, 0.15) is 18.9 Å². The van der Waals surface area contributed by atoms with E-state index < -0.39 is 5.91 Å². The highest BCUT2D eigenvalue weighted by Gasteiger charge is 2.03. The second-order valence-electron chi connectivity index (χ2n) is 3.45. The van der Waals surface area contributed by atoms with Crippen LogP contribution in [-0.4, -0.2) is 12.5 Å². The highest BCUT2D eigenvalue weighted by molar-refractivity contribution is 6.00. The van der Waals surface area contributed by atoms with Crippen molar-refractivity contribution in [3.8, 4) is 11.8 Å². The van der Waals surface area contributed by atoms with Gasteiger partial charge in [0.05, 0.1) is 6.61 Å². The maximum atomic E-state index is 10.8. The summed E-state index contributed by atoms with van der Waals surface area (Å²) in [5.74, 6) is 0.0420. The predicted molar refractivity (Wildman–Crippen MR) is 65.0 cm³/mol. The lowest BCUT2D eigenvalue weighted by molar-refractivity contribution is -0.114.